The van der Waals surface area contributed by atoms with E-state index in [0.29, 0.717) is 6.54 Å². The normalized spacial score (nSPS) is 13.1. The van der Waals surface area contributed by atoms with Crippen molar-refractivity contribution in [3.63, 3.8) is 0 Å². The molecule has 2 atom stereocenters. The molecule has 40 heavy (non-hydrogen) atoms. The minimum absolute atomic E-state index is 0.0367. The van der Waals surface area contributed by atoms with Crippen LogP contribution in [0.5, 0.6) is 0 Å². The van der Waals surface area contributed by atoms with Crippen LogP contribution in [0.2, 0.25) is 0 Å². The lowest BCUT2D eigenvalue weighted by Crippen LogP contribution is -2.48. The Hall–Kier alpha value is -3.38. The molecule has 1 amide bonds. The van der Waals surface area contributed by atoms with Gasteiger partial charge in [0.05, 0.1) is 37.2 Å². The van der Waals surface area contributed by atoms with Crippen molar-refractivity contribution in [3.8, 4) is 0 Å². The molecule has 0 heterocycles. The van der Waals surface area contributed by atoms with Gasteiger partial charge in [-0.3, -0.25) is 9.10 Å². The van der Waals surface area contributed by atoms with Crippen molar-refractivity contribution < 1.29 is 32.2 Å². The van der Waals surface area contributed by atoms with Crippen molar-refractivity contribution >= 4 is 21.6 Å². The number of amides is 1. The maximum absolute atomic E-state index is 13.8. The number of aryl methyl sites for hydroxylation is 1. The minimum Gasteiger partial charge on any atom is -0.394 e. The number of nitrogens with zero attached hydrogens (tertiary/aromatic N) is 1. The molecule has 0 fully saturated rings. The van der Waals surface area contributed by atoms with Crippen molar-refractivity contribution in [1.29, 1.82) is 0 Å². The van der Waals surface area contributed by atoms with Crippen LogP contribution in [0.1, 0.15) is 34.0 Å². The number of carbonyl (C=O) groups is 1. The maximum atomic E-state index is 13.8. The predicted molar refractivity (Wildman–Crippen MR) is 151 cm³/mol. The molecule has 0 aliphatic heterocycles. The minimum atomic E-state index is -3.65. The summed E-state index contributed by atoms with van der Waals surface area (Å²) in [6.45, 7) is 2.12. The van der Waals surface area contributed by atoms with Gasteiger partial charge in [-0.15, -0.1) is 0 Å². The standard InChI is InChI=1S/C29H35F2N3O5S/c1-3-20-5-4-6-21(13-20)18-32-19-28(36)27(16-22-14-24(30)17-25(31)15-22)33-29(37)23-7-9-26(10-8-23)34(11-12-35)40(2,38)39/h4-10,13-15,17,27-28,32,35-36H,3,11-12,16,18-19H2,1-2H3,(H,33,37)/t27-,28-/m0/s1. The van der Waals surface area contributed by atoms with Crippen LogP contribution in [0.4, 0.5) is 14.5 Å². The number of aliphatic hydroxyl groups excluding tert-OH is 2. The summed E-state index contributed by atoms with van der Waals surface area (Å²) in [4.78, 5) is 13.1. The first kappa shape index (κ1) is 31.2. The average Bonchev–Trinajstić information content (AvgIpc) is 2.90. The maximum Gasteiger partial charge on any atom is 0.251 e. The van der Waals surface area contributed by atoms with Gasteiger partial charge in [0.1, 0.15) is 11.6 Å². The lowest BCUT2D eigenvalue weighted by atomic mass is 10.00. The van der Waals surface area contributed by atoms with E-state index in [2.05, 4.69) is 23.6 Å². The van der Waals surface area contributed by atoms with E-state index in [0.717, 1.165) is 40.7 Å². The Morgan fingerprint density at radius 1 is 0.975 bits per heavy atom. The summed E-state index contributed by atoms with van der Waals surface area (Å²) in [6, 6.07) is 15.9. The quantitative estimate of drug-likeness (QED) is 0.235. The highest BCUT2D eigenvalue weighted by Crippen LogP contribution is 2.19. The van der Waals surface area contributed by atoms with E-state index in [4.69, 9.17) is 0 Å². The number of hydrogen-bond acceptors (Lipinski definition) is 6. The van der Waals surface area contributed by atoms with Crippen molar-refractivity contribution in [2.75, 3.05) is 30.3 Å². The number of anilines is 1. The summed E-state index contributed by atoms with van der Waals surface area (Å²) in [5.41, 5.74) is 2.94. The van der Waals surface area contributed by atoms with Crippen LogP contribution >= 0.6 is 0 Å². The number of sulfonamides is 1. The lowest BCUT2D eigenvalue weighted by Gasteiger charge is -2.25. The number of nitrogens with one attached hydrogen (secondary N) is 2. The van der Waals surface area contributed by atoms with Crippen LogP contribution < -0.4 is 14.9 Å². The highest BCUT2D eigenvalue weighted by Gasteiger charge is 2.24. The van der Waals surface area contributed by atoms with E-state index in [-0.39, 0.29) is 42.9 Å². The van der Waals surface area contributed by atoms with Crippen LogP contribution in [0.25, 0.3) is 0 Å². The molecule has 4 N–H and O–H groups in total. The first-order chi connectivity index (χ1) is 19.0. The molecule has 8 nitrogen and oxygen atoms in total. The predicted octanol–water partition coefficient (Wildman–Crippen LogP) is 2.78. The fourth-order valence-electron chi connectivity index (χ4n) is 4.34. The summed E-state index contributed by atoms with van der Waals surface area (Å²) in [7, 11) is -3.65. The van der Waals surface area contributed by atoms with Gasteiger partial charge in [0.2, 0.25) is 10.0 Å². The summed E-state index contributed by atoms with van der Waals surface area (Å²) >= 11 is 0. The van der Waals surface area contributed by atoms with Gasteiger partial charge in [0.25, 0.3) is 5.91 Å². The second kappa shape index (κ2) is 14.3. The molecule has 3 aromatic carbocycles. The third kappa shape index (κ3) is 9.09. The van der Waals surface area contributed by atoms with Crippen LogP contribution in [0, 0.1) is 11.6 Å². The molecule has 3 aromatic rings. The summed E-state index contributed by atoms with van der Waals surface area (Å²) in [5.74, 6) is -2.09. The van der Waals surface area contributed by atoms with Crippen molar-refractivity contribution in [2.45, 2.75) is 38.5 Å². The number of rotatable bonds is 14. The van der Waals surface area contributed by atoms with Gasteiger partial charge in [-0.2, -0.15) is 0 Å². The fraction of sp³-hybridized carbons (Fsp3) is 0.345. The molecule has 0 bridgehead atoms. The van der Waals surface area contributed by atoms with E-state index >= 15 is 0 Å². The Labute approximate surface area is 233 Å². The van der Waals surface area contributed by atoms with Crippen LogP contribution in [0.3, 0.4) is 0 Å². The highest BCUT2D eigenvalue weighted by atomic mass is 32.2. The van der Waals surface area contributed by atoms with Gasteiger partial charge < -0.3 is 20.8 Å². The average molecular weight is 576 g/mol. The zero-order valence-corrected chi connectivity index (χ0v) is 23.3. The largest absolute Gasteiger partial charge is 0.394 e. The van der Waals surface area contributed by atoms with E-state index in [1.165, 1.54) is 29.8 Å². The van der Waals surface area contributed by atoms with Gasteiger partial charge in [-0.1, -0.05) is 31.2 Å². The molecule has 11 heteroatoms. The lowest BCUT2D eigenvalue weighted by molar-refractivity contribution is 0.0830. The van der Waals surface area contributed by atoms with Crippen molar-refractivity contribution in [3.05, 3.63) is 101 Å². The van der Waals surface area contributed by atoms with E-state index in [1.807, 2.05) is 18.2 Å². The SMILES string of the molecule is CCc1cccc(CNC[C@H](O)[C@H](Cc2cc(F)cc(F)c2)NC(=O)c2ccc(N(CCO)S(C)(=O)=O)cc2)c1. The Kier molecular flexibility index (Phi) is 11.1. The summed E-state index contributed by atoms with van der Waals surface area (Å²) < 4.78 is 52.8. The summed E-state index contributed by atoms with van der Waals surface area (Å²) in [5, 5.41) is 26.1. The van der Waals surface area contributed by atoms with E-state index < -0.39 is 39.7 Å². The molecule has 0 aliphatic carbocycles. The first-order valence-electron chi connectivity index (χ1n) is 12.9. The molecular formula is C29H35F2N3O5S. The van der Waals surface area contributed by atoms with Crippen LogP contribution in [-0.4, -0.2) is 62.6 Å². The number of benzene rings is 3. The van der Waals surface area contributed by atoms with Gasteiger partial charge in [-0.25, -0.2) is 17.2 Å². The molecule has 216 valence electrons. The Morgan fingerprint density at radius 3 is 2.23 bits per heavy atom. The molecule has 0 radical (unpaired) electrons. The smallest absolute Gasteiger partial charge is 0.251 e. The second-order valence-corrected chi connectivity index (χ2v) is 11.4. The molecule has 0 saturated heterocycles. The van der Waals surface area contributed by atoms with Crippen molar-refractivity contribution in [2.24, 2.45) is 0 Å². The molecule has 0 aromatic heterocycles. The Bertz CT molecular complexity index is 1370. The van der Waals surface area contributed by atoms with Crippen molar-refractivity contribution in [1.82, 2.24) is 10.6 Å². The molecule has 3 rings (SSSR count). The fourth-order valence-corrected chi connectivity index (χ4v) is 5.26. The third-order valence-electron chi connectivity index (χ3n) is 6.36. The van der Waals surface area contributed by atoms with Gasteiger partial charge in [0.15, 0.2) is 0 Å². The zero-order chi connectivity index (χ0) is 29.3. The number of aliphatic hydroxyl groups is 2. The first-order valence-corrected chi connectivity index (χ1v) is 14.8. The van der Waals surface area contributed by atoms with E-state index in [1.54, 1.807) is 0 Å². The van der Waals surface area contributed by atoms with Gasteiger partial charge in [-0.05, 0) is 65.9 Å². The van der Waals surface area contributed by atoms with Gasteiger partial charge >= 0.3 is 0 Å². The molecule has 0 unspecified atom stereocenters. The highest BCUT2D eigenvalue weighted by molar-refractivity contribution is 7.92. The number of halogens is 2. The zero-order valence-electron chi connectivity index (χ0n) is 22.5. The number of carbonyl (C=O) groups excluding carboxylic acids is 1. The van der Waals surface area contributed by atoms with Crippen LogP contribution in [0.15, 0.2) is 66.7 Å². The third-order valence-corrected chi connectivity index (χ3v) is 7.56. The Morgan fingerprint density at radius 2 is 1.62 bits per heavy atom. The molecular weight excluding hydrogens is 540 g/mol. The number of hydrogen-bond donors (Lipinski definition) is 4. The van der Waals surface area contributed by atoms with Crippen LogP contribution in [-0.2, 0) is 29.4 Å². The Balaban J connectivity index is 1.75. The topological polar surface area (TPSA) is 119 Å². The molecule has 0 aliphatic rings. The van der Waals surface area contributed by atoms with E-state index in [9.17, 15) is 32.2 Å². The van der Waals surface area contributed by atoms with Gasteiger partial charge in [0, 0.05) is 24.7 Å². The molecule has 0 spiro atoms. The molecule has 0 saturated carbocycles. The monoisotopic (exact) mass is 575 g/mol. The summed E-state index contributed by atoms with van der Waals surface area (Å²) in [6.07, 6.45) is 0.766. The second-order valence-electron chi connectivity index (χ2n) is 9.54.